The highest BCUT2D eigenvalue weighted by molar-refractivity contribution is 9.10. The van der Waals surface area contributed by atoms with Crippen molar-refractivity contribution in [1.29, 1.82) is 0 Å². The molecule has 2 rings (SSSR count). The van der Waals surface area contributed by atoms with Crippen LogP contribution >= 0.6 is 15.9 Å². The Morgan fingerprint density at radius 3 is 2.72 bits per heavy atom. The summed E-state index contributed by atoms with van der Waals surface area (Å²) >= 11 is 3.23. The molecule has 18 heavy (non-hydrogen) atoms. The van der Waals surface area contributed by atoms with Crippen molar-refractivity contribution in [3.8, 4) is 0 Å². The number of hydrogen-bond acceptors (Lipinski definition) is 1. The van der Waals surface area contributed by atoms with Crippen molar-refractivity contribution in [2.75, 3.05) is 0 Å². The Bertz CT molecular complexity index is 388. The molecular formula is C15H21BrFN. The van der Waals surface area contributed by atoms with Gasteiger partial charge in [-0.3, -0.25) is 0 Å². The first-order valence-corrected chi connectivity index (χ1v) is 7.63. The van der Waals surface area contributed by atoms with Crippen LogP contribution in [-0.4, -0.2) is 6.04 Å². The quantitative estimate of drug-likeness (QED) is 0.853. The van der Waals surface area contributed by atoms with Crippen LogP contribution in [0.5, 0.6) is 0 Å². The Morgan fingerprint density at radius 2 is 2.06 bits per heavy atom. The SMILES string of the molecule is CC(NCc1ccc(F)c(Br)c1)C1CCCCC1. The number of rotatable bonds is 4. The zero-order valence-electron chi connectivity index (χ0n) is 10.9. The Labute approximate surface area is 117 Å². The van der Waals surface area contributed by atoms with Crippen molar-refractivity contribution < 1.29 is 4.39 Å². The van der Waals surface area contributed by atoms with Gasteiger partial charge in [-0.05, 0) is 59.3 Å². The van der Waals surface area contributed by atoms with Gasteiger partial charge in [-0.2, -0.15) is 0 Å². The highest BCUT2D eigenvalue weighted by Crippen LogP contribution is 2.26. The fraction of sp³-hybridized carbons (Fsp3) is 0.600. The van der Waals surface area contributed by atoms with Gasteiger partial charge in [0.2, 0.25) is 0 Å². The highest BCUT2D eigenvalue weighted by atomic mass is 79.9. The van der Waals surface area contributed by atoms with Crippen molar-refractivity contribution in [2.45, 2.75) is 51.6 Å². The third-order valence-corrected chi connectivity index (χ3v) is 4.58. The standard InChI is InChI=1S/C15H21BrFN/c1-11(13-5-3-2-4-6-13)18-10-12-7-8-15(17)14(16)9-12/h7-9,11,13,18H,2-6,10H2,1H3. The lowest BCUT2D eigenvalue weighted by Gasteiger charge is -2.28. The van der Waals surface area contributed by atoms with Crippen LogP contribution in [0.3, 0.4) is 0 Å². The molecule has 0 radical (unpaired) electrons. The summed E-state index contributed by atoms with van der Waals surface area (Å²) in [7, 11) is 0. The molecule has 1 N–H and O–H groups in total. The van der Waals surface area contributed by atoms with Gasteiger partial charge in [0.05, 0.1) is 4.47 Å². The van der Waals surface area contributed by atoms with Gasteiger partial charge in [-0.15, -0.1) is 0 Å². The van der Waals surface area contributed by atoms with Gasteiger partial charge in [-0.25, -0.2) is 4.39 Å². The van der Waals surface area contributed by atoms with Crippen LogP contribution in [0, 0.1) is 11.7 Å². The van der Waals surface area contributed by atoms with E-state index in [4.69, 9.17) is 0 Å². The zero-order valence-corrected chi connectivity index (χ0v) is 12.5. The van der Waals surface area contributed by atoms with Gasteiger partial charge < -0.3 is 5.32 Å². The molecule has 1 aliphatic carbocycles. The second-order valence-corrected chi connectivity index (χ2v) is 6.17. The molecule has 0 spiro atoms. The molecule has 0 aliphatic heterocycles. The molecule has 0 saturated heterocycles. The molecule has 0 aromatic heterocycles. The van der Waals surface area contributed by atoms with Gasteiger partial charge in [0.25, 0.3) is 0 Å². The minimum atomic E-state index is -0.195. The molecule has 1 aromatic rings. The second kappa shape index (κ2) is 6.67. The van der Waals surface area contributed by atoms with Crippen LogP contribution in [0.1, 0.15) is 44.6 Å². The van der Waals surface area contributed by atoms with Crippen molar-refractivity contribution in [3.05, 3.63) is 34.1 Å². The van der Waals surface area contributed by atoms with E-state index in [9.17, 15) is 4.39 Å². The summed E-state index contributed by atoms with van der Waals surface area (Å²) in [6, 6.07) is 5.78. The minimum absolute atomic E-state index is 0.195. The van der Waals surface area contributed by atoms with Crippen molar-refractivity contribution in [2.24, 2.45) is 5.92 Å². The van der Waals surface area contributed by atoms with E-state index in [0.717, 1.165) is 18.0 Å². The molecule has 0 bridgehead atoms. The van der Waals surface area contributed by atoms with E-state index in [1.165, 1.54) is 38.2 Å². The molecule has 1 saturated carbocycles. The van der Waals surface area contributed by atoms with Gasteiger partial charge >= 0.3 is 0 Å². The maximum Gasteiger partial charge on any atom is 0.137 e. The van der Waals surface area contributed by atoms with Crippen molar-refractivity contribution in [1.82, 2.24) is 5.32 Å². The van der Waals surface area contributed by atoms with E-state index >= 15 is 0 Å². The first-order valence-electron chi connectivity index (χ1n) is 6.84. The lowest BCUT2D eigenvalue weighted by Crippen LogP contribution is -2.34. The predicted octanol–water partition coefficient (Wildman–Crippen LogP) is 4.65. The summed E-state index contributed by atoms with van der Waals surface area (Å²) in [5.74, 6) is 0.613. The van der Waals surface area contributed by atoms with Crippen LogP contribution < -0.4 is 5.32 Å². The second-order valence-electron chi connectivity index (χ2n) is 5.32. The van der Waals surface area contributed by atoms with Crippen LogP contribution in [0.4, 0.5) is 4.39 Å². The van der Waals surface area contributed by atoms with E-state index in [2.05, 4.69) is 28.2 Å². The summed E-state index contributed by atoms with van der Waals surface area (Å²) in [5, 5.41) is 3.57. The molecule has 3 heteroatoms. The summed E-state index contributed by atoms with van der Waals surface area (Å²) in [4.78, 5) is 0. The van der Waals surface area contributed by atoms with Crippen molar-refractivity contribution >= 4 is 15.9 Å². The average Bonchev–Trinajstić information content (AvgIpc) is 2.41. The molecule has 1 nitrogen and oxygen atoms in total. The number of nitrogens with one attached hydrogen (secondary N) is 1. The van der Waals surface area contributed by atoms with E-state index in [0.29, 0.717) is 10.5 Å². The maximum absolute atomic E-state index is 13.1. The van der Waals surface area contributed by atoms with Crippen LogP contribution in [0.2, 0.25) is 0 Å². The third-order valence-electron chi connectivity index (χ3n) is 3.97. The van der Waals surface area contributed by atoms with Crippen LogP contribution in [-0.2, 0) is 6.54 Å². The molecule has 1 aliphatic rings. The lowest BCUT2D eigenvalue weighted by atomic mass is 9.84. The third kappa shape index (κ3) is 3.79. The van der Waals surface area contributed by atoms with Gasteiger partial charge in [0.1, 0.15) is 5.82 Å². The molecule has 1 unspecified atom stereocenters. The van der Waals surface area contributed by atoms with Gasteiger partial charge in [0.15, 0.2) is 0 Å². The topological polar surface area (TPSA) is 12.0 Å². The fourth-order valence-corrected chi connectivity index (χ4v) is 3.16. The van der Waals surface area contributed by atoms with Gasteiger partial charge in [-0.1, -0.05) is 25.3 Å². The molecule has 100 valence electrons. The highest BCUT2D eigenvalue weighted by Gasteiger charge is 2.19. The predicted molar refractivity (Wildman–Crippen MR) is 77.0 cm³/mol. The Kier molecular flexibility index (Phi) is 5.19. The molecule has 1 fully saturated rings. The van der Waals surface area contributed by atoms with E-state index < -0.39 is 0 Å². The fourth-order valence-electron chi connectivity index (χ4n) is 2.73. The minimum Gasteiger partial charge on any atom is -0.310 e. The van der Waals surface area contributed by atoms with Crippen LogP contribution in [0.15, 0.2) is 22.7 Å². The Hall–Kier alpha value is -0.410. The molecule has 0 heterocycles. The summed E-state index contributed by atoms with van der Waals surface area (Å²) in [6.07, 6.45) is 6.84. The van der Waals surface area contributed by atoms with Crippen LogP contribution in [0.25, 0.3) is 0 Å². The van der Waals surface area contributed by atoms with E-state index in [-0.39, 0.29) is 5.82 Å². The smallest absolute Gasteiger partial charge is 0.137 e. The van der Waals surface area contributed by atoms with E-state index in [1.807, 2.05) is 12.1 Å². The van der Waals surface area contributed by atoms with E-state index in [1.54, 1.807) is 0 Å². The summed E-state index contributed by atoms with van der Waals surface area (Å²) in [5.41, 5.74) is 1.13. The molecule has 1 atom stereocenters. The zero-order chi connectivity index (χ0) is 13.0. The maximum atomic E-state index is 13.1. The summed E-state index contributed by atoms with van der Waals surface area (Å²) < 4.78 is 13.7. The Morgan fingerprint density at radius 1 is 1.33 bits per heavy atom. The largest absolute Gasteiger partial charge is 0.310 e. The number of hydrogen-bond donors (Lipinski definition) is 1. The monoisotopic (exact) mass is 313 g/mol. The molecule has 0 amide bonds. The Balaban J connectivity index is 1.84. The molecule has 1 aromatic carbocycles. The molecular weight excluding hydrogens is 293 g/mol. The first kappa shape index (κ1) is 14.0. The van der Waals surface area contributed by atoms with Gasteiger partial charge in [0, 0.05) is 12.6 Å². The lowest BCUT2D eigenvalue weighted by molar-refractivity contribution is 0.280. The van der Waals surface area contributed by atoms with Crippen molar-refractivity contribution in [3.63, 3.8) is 0 Å². The summed E-state index contributed by atoms with van der Waals surface area (Å²) in [6.45, 7) is 3.09. The number of benzene rings is 1. The normalized spacial score (nSPS) is 18.8. The first-order chi connectivity index (χ1) is 8.66. The average molecular weight is 314 g/mol. The number of halogens is 2.